The van der Waals surface area contributed by atoms with Gasteiger partial charge in [0.15, 0.2) is 0 Å². The van der Waals surface area contributed by atoms with E-state index >= 15 is 0 Å². The first kappa shape index (κ1) is 10.2. The van der Waals surface area contributed by atoms with Crippen LogP contribution in [-0.4, -0.2) is 36.7 Å². The summed E-state index contributed by atoms with van der Waals surface area (Å²) in [4.78, 5) is 2.56. The SMILES string of the molecule is C=CCN(CC1CO1)C1CCCCC1. The molecule has 2 heteroatoms. The first-order chi connectivity index (χ1) is 6.90. The molecule has 1 saturated heterocycles. The molecule has 1 saturated carbocycles. The molecule has 2 rings (SSSR count). The van der Waals surface area contributed by atoms with E-state index in [2.05, 4.69) is 11.5 Å². The predicted molar refractivity (Wildman–Crippen MR) is 58.4 cm³/mol. The van der Waals surface area contributed by atoms with E-state index in [1.165, 1.54) is 32.1 Å². The Balaban J connectivity index is 1.82. The minimum Gasteiger partial charge on any atom is -0.372 e. The van der Waals surface area contributed by atoms with Crippen molar-refractivity contribution in [3.63, 3.8) is 0 Å². The zero-order valence-electron chi connectivity index (χ0n) is 8.95. The van der Waals surface area contributed by atoms with Crippen LogP contribution >= 0.6 is 0 Å². The zero-order chi connectivity index (χ0) is 9.80. The average Bonchev–Trinajstić information content (AvgIpc) is 3.03. The quantitative estimate of drug-likeness (QED) is 0.494. The fourth-order valence-electron chi connectivity index (χ4n) is 2.42. The molecule has 2 fully saturated rings. The lowest BCUT2D eigenvalue weighted by molar-refractivity contribution is 0.158. The fraction of sp³-hybridized carbons (Fsp3) is 0.833. The maximum absolute atomic E-state index is 5.30. The monoisotopic (exact) mass is 195 g/mol. The van der Waals surface area contributed by atoms with E-state index in [4.69, 9.17) is 4.74 Å². The predicted octanol–water partition coefficient (Wildman–Crippen LogP) is 2.21. The van der Waals surface area contributed by atoms with E-state index in [0.717, 1.165) is 25.7 Å². The molecule has 2 nitrogen and oxygen atoms in total. The molecular weight excluding hydrogens is 174 g/mol. The molecule has 0 aromatic rings. The van der Waals surface area contributed by atoms with E-state index in [9.17, 15) is 0 Å². The molecule has 0 aromatic heterocycles. The average molecular weight is 195 g/mol. The van der Waals surface area contributed by atoms with Gasteiger partial charge in [0, 0.05) is 19.1 Å². The third-order valence-corrected chi connectivity index (χ3v) is 3.30. The molecule has 1 atom stereocenters. The topological polar surface area (TPSA) is 15.8 Å². The number of ether oxygens (including phenoxy) is 1. The Kier molecular flexibility index (Phi) is 3.60. The van der Waals surface area contributed by atoms with Gasteiger partial charge in [-0.2, -0.15) is 0 Å². The summed E-state index contributed by atoms with van der Waals surface area (Å²) < 4.78 is 5.30. The number of nitrogens with zero attached hydrogens (tertiary/aromatic N) is 1. The van der Waals surface area contributed by atoms with Gasteiger partial charge in [-0.3, -0.25) is 4.90 Å². The second-order valence-corrected chi connectivity index (χ2v) is 4.49. The normalized spacial score (nSPS) is 27.9. The van der Waals surface area contributed by atoms with Crippen molar-refractivity contribution >= 4 is 0 Å². The molecule has 2 aliphatic rings. The summed E-state index contributed by atoms with van der Waals surface area (Å²) >= 11 is 0. The Labute approximate surface area is 86.9 Å². The second kappa shape index (κ2) is 4.94. The number of hydrogen-bond acceptors (Lipinski definition) is 2. The summed E-state index contributed by atoms with van der Waals surface area (Å²) in [6, 6.07) is 0.797. The second-order valence-electron chi connectivity index (χ2n) is 4.49. The highest BCUT2D eigenvalue weighted by Gasteiger charge is 2.29. The summed E-state index contributed by atoms with van der Waals surface area (Å²) in [6.45, 7) is 6.97. The standard InChI is InChI=1S/C12H21NO/c1-2-8-13(9-12-10-14-12)11-6-4-3-5-7-11/h2,11-12H,1,3-10H2. The summed E-state index contributed by atoms with van der Waals surface area (Å²) in [5.41, 5.74) is 0. The van der Waals surface area contributed by atoms with Crippen molar-refractivity contribution < 1.29 is 4.74 Å². The minimum absolute atomic E-state index is 0.525. The van der Waals surface area contributed by atoms with E-state index in [1.807, 2.05) is 6.08 Å². The first-order valence-electron chi connectivity index (χ1n) is 5.86. The summed E-state index contributed by atoms with van der Waals surface area (Å²) in [6.07, 6.45) is 9.54. The Morgan fingerprint density at radius 3 is 2.57 bits per heavy atom. The maximum Gasteiger partial charge on any atom is 0.0936 e. The van der Waals surface area contributed by atoms with Crippen molar-refractivity contribution in [3.8, 4) is 0 Å². The molecule has 0 radical (unpaired) electrons. The summed E-state index contributed by atoms with van der Waals surface area (Å²) in [5, 5.41) is 0. The molecule has 0 aromatic carbocycles. The molecule has 1 aliphatic heterocycles. The van der Waals surface area contributed by atoms with Gasteiger partial charge in [-0.05, 0) is 12.8 Å². The third-order valence-electron chi connectivity index (χ3n) is 3.30. The van der Waals surface area contributed by atoms with E-state index in [-0.39, 0.29) is 0 Å². The molecule has 1 heterocycles. The lowest BCUT2D eigenvalue weighted by Crippen LogP contribution is -2.39. The number of epoxide rings is 1. The van der Waals surface area contributed by atoms with Crippen LogP contribution in [0.15, 0.2) is 12.7 Å². The van der Waals surface area contributed by atoms with Crippen molar-refractivity contribution in [2.24, 2.45) is 0 Å². The third kappa shape index (κ3) is 2.82. The molecule has 0 amide bonds. The van der Waals surface area contributed by atoms with Crippen LogP contribution in [-0.2, 0) is 4.74 Å². The van der Waals surface area contributed by atoms with E-state index < -0.39 is 0 Å². The van der Waals surface area contributed by atoms with Gasteiger partial charge in [0.2, 0.25) is 0 Å². The Morgan fingerprint density at radius 1 is 1.29 bits per heavy atom. The van der Waals surface area contributed by atoms with Gasteiger partial charge in [0.1, 0.15) is 0 Å². The van der Waals surface area contributed by atoms with E-state index in [0.29, 0.717) is 6.10 Å². The molecule has 1 unspecified atom stereocenters. The lowest BCUT2D eigenvalue weighted by Gasteiger charge is -2.33. The van der Waals surface area contributed by atoms with Gasteiger partial charge in [0.25, 0.3) is 0 Å². The molecular formula is C12H21NO. The fourth-order valence-corrected chi connectivity index (χ4v) is 2.42. The van der Waals surface area contributed by atoms with Crippen molar-refractivity contribution in [1.29, 1.82) is 0 Å². The molecule has 0 spiro atoms. The Morgan fingerprint density at radius 2 is 2.00 bits per heavy atom. The van der Waals surface area contributed by atoms with Gasteiger partial charge < -0.3 is 4.74 Å². The van der Waals surface area contributed by atoms with Crippen LogP contribution in [0, 0.1) is 0 Å². The van der Waals surface area contributed by atoms with Crippen molar-refractivity contribution in [2.75, 3.05) is 19.7 Å². The zero-order valence-corrected chi connectivity index (χ0v) is 8.95. The minimum atomic E-state index is 0.525. The van der Waals surface area contributed by atoms with Gasteiger partial charge >= 0.3 is 0 Å². The van der Waals surface area contributed by atoms with Crippen molar-refractivity contribution in [1.82, 2.24) is 4.90 Å². The van der Waals surface area contributed by atoms with Crippen LogP contribution in [0.25, 0.3) is 0 Å². The first-order valence-corrected chi connectivity index (χ1v) is 5.86. The summed E-state index contributed by atoms with van der Waals surface area (Å²) in [7, 11) is 0. The molecule has 0 N–H and O–H groups in total. The number of rotatable bonds is 5. The van der Waals surface area contributed by atoms with Crippen LogP contribution in [0.2, 0.25) is 0 Å². The Bertz CT molecular complexity index is 183. The molecule has 0 bridgehead atoms. The van der Waals surface area contributed by atoms with E-state index in [1.54, 1.807) is 0 Å². The molecule has 14 heavy (non-hydrogen) atoms. The highest BCUT2D eigenvalue weighted by Crippen LogP contribution is 2.24. The van der Waals surface area contributed by atoms with Gasteiger partial charge in [-0.15, -0.1) is 6.58 Å². The largest absolute Gasteiger partial charge is 0.372 e. The van der Waals surface area contributed by atoms with Crippen molar-refractivity contribution in [3.05, 3.63) is 12.7 Å². The van der Waals surface area contributed by atoms with Crippen LogP contribution in [0.3, 0.4) is 0 Å². The van der Waals surface area contributed by atoms with Crippen molar-refractivity contribution in [2.45, 2.75) is 44.2 Å². The highest BCUT2D eigenvalue weighted by molar-refractivity contribution is 4.85. The Hall–Kier alpha value is -0.340. The maximum atomic E-state index is 5.30. The van der Waals surface area contributed by atoms with Crippen LogP contribution in [0.5, 0.6) is 0 Å². The number of hydrogen-bond donors (Lipinski definition) is 0. The van der Waals surface area contributed by atoms with Crippen LogP contribution in [0.4, 0.5) is 0 Å². The van der Waals surface area contributed by atoms with Gasteiger partial charge in [0.05, 0.1) is 12.7 Å². The van der Waals surface area contributed by atoms with Gasteiger partial charge in [-0.1, -0.05) is 25.3 Å². The smallest absolute Gasteiger partial charge is 0.0936 e. The highest BCUT2D eigenvalue weighted by atomic mass is 16.6. The van der Waals surface area contributed by atoms with Crippen LogP contribution in [0.1, 0.15) is 32.1 Å². The van der Waals surface area contributed by atoms with Crippen LogP contribution < -0.4 is 0 Å². The lowest BCUT2D eigenvalue weighted by atomic mass is 9.94. The van der Waals surface area contributed by atoms with Gasteiger partial charge in [-0.25, -0.2) is 0 Å². The summed E-state index contributed by atoms with van der Waals surface area (Å²) in [5.74, 6) is 0. The molecule has 80 valence electrons. The molecule has 1 aliphatic carbocycles.